The number of hydrogen-bond acceptors (Lipinski definition) is 5. The zero-order chi connectivity index (χ0) is 23.2. The Bertz CT molecular complexity index is 1080. The average Bonchev–Trinajstić information content (AvgIpc) is 2.96. The predicted molar refractivity (Wildman–Crippen MR) is 134 cm³/mol. The molecule has 172 valence electrons. The van der Waals surface area contributed by atoms with E-state index in [4.69, 9.17) is 21.1 Å². The SMILES string of the molecule is CNCCN1C(=O)[C@H](OCc2ccccc2)[C@H](c2ccc(OC)cc2)Sc2cc(Cl)ccc21. The van der Waals surface area contributed by atoms with Crippen molar-refractivity contribution in [3.63, 3.8) is 0 Å². The second-order valence-electron chi connectivity index (χ2n) is 7.73. The number of benzene rings is 3. The summed E-state index contributed by atoms with van der Waals surface area (Å²) in [6.45, 7) is 1.55. The quantitative estimate of drug-likeness (QED) is 0.470. The minimum absolute atomic E-state index is 0.0597. The summed E-state index contributed by atoms with van der Waals surface area (Å²) in [5, 5.41) is 3.54. The molecule has 0 unspecified atom stereocenters. The monoisotopic (exact) mass is 482 g/mol. The molecule has 1 N–H and O–H groups in total. The lowest BCUT2D eigenvalue weighted by molar-refractivity contribution is -0.130. The van der Waals surface area contributed by atoms with Crippen molar-refractivity contribution in [3.8, 4) is 5.75 Å². The van der Waals surface area contributed by atoms with Crippen molar-refractivity contribution < 1.29 is 14.3 Å². The molecule has 0 aliphatic carbocycles. The first-order valence-electron chi connectivity index (χ1n) is 10.8. The molecule has 0 saturated heterocycles. The van der Waals surface area contributed by atoms with Crippen LogP contribution in [0, 0.1) is 0 Å². The van der Waals surface area contributed by atoms with Crippen LogP contribution < -0.4 is 15.0 Å². The molecule has 5 nitrogen and oxygen atoms in total. The Morgan fingerprint density at radius 2 is 1.82 bits per heavy atom. The molecule has 0 bridgehead atoms. The Balaban J connectivity index is 1.75. The van der Waals surface area contributed by atoms with Crippen LogP contribution in [-0.4, -0.2) is 39.3 Å². The Morgan fingerprint density at radius 1 is 1.06 bits per heavy atom. The number of fused-ring (bicyclic) bond motifs is 1. The number of carbonyl (C=O) groups excluding carboxylic acids is 1. The highest BCUT2D eigenvalue weighted by atomic mass is 35.5. The van der Waals surface area contributed by atoms with Crippen molar-refractivity contribution in [1.29, 1.82) is 0 Å². The van der Waals surface area contributed by atoms with Crippen LogP contribution in [0.1, 0.15) is 16.4 Å². The number of hydrogen-bond donors (Lipinski definition) is 1. The molecular formula is C26H27ClN2O3S. The van der Waals surface area contributed by atoms with Crippen molar-refractivity contribution in [3.05, 3.63) is 88.9 Å². The zero-order valence-corrected chi connectivity index (χ0v) is 20.2. The molecule has 0 radical (unpaired) electrons. The fourth-order valence-electron chi connectivity index (χ4n) is 3.82. The molecule has 1 aliphatic rings. The summed E-state index contributed by atoms with van der Waals surface area (Å²) in [4.78, 5) is 16.7. The summed E-state index contributed by atoms with van der Waals surface area (Å²) in [6.07, 6.45) is -0.674. The second kappa shape index (κ2) is 11.1. The standard InChI is InChI=1S/C26H27ClN2O3S/c1-28-14-15-29-22-13-10-20(27)16-23(22)33-25(19-8-11-21(31-2)12-9-19)24(26(29)30)32-17-18-6-4-3-5-7-18/h3-13,16,24-25,28H,14-15,17H2,1-2H3/t24-,25+/m1/s1. The van der Waals surface area contributed by atoms with Crippen LogP contribution in [0.25, 0.3) is 0 Å². The normalized spacial score (nSPS) is 18.0. The summed E-state index contributed by atoms with van der Waals surface area (Å²) in [5.74, 6) is 0.708. The summed E-state index contributed by atoms with van der Waals surface area (Å²) in [6, 6.07) is 23.4. The van der Waals surface area contributed by atoms with Gasteiger partial charge in [0.15, 0.2) is 6.10 Å². The molecule has 0 aromatic heterocycles. The summed E-state index contributed by atoms with van der Waals surface area (Å²) >= 11 is 7.96. The van der Waals surface area contributed by atoms with Crippen LogP contribution in [0.15, 0.2) is 77.7 Å². The number of amides is 1. The van der Waals surface area contributed by atoms with Gasteiger partial charge in [0, 0.05) is 23.0 Å². The minimum Gasteiger partial charge on any atom is -0.497 e. The molecule has 0 spiro atoms. The number of nitrogens with one attached hydrogen (secondary N) is 1. The third-order valence-electron chi connectivity index (χ3n) is 5.55. The maximum Gasteiger partial charge on any atom is 0.257 e. The van der Waals surface area contributed by atoms with Crippen molar-refractivity contribution in [1.82, 2.24) is 5.32 Å². The highest BCUT2D eigenvalue weighted by Gasteiger charge is 2.39. The number of ether oxygens (including phenoxy) is 2. The number of carbonyl (C=O) groups is 1. The Kier molecular flexibility index (Phi) is 7.93. The number of rotatable bonds is 8. The number of likely N-dealkylation sites (N-methyl/N-ethyl adjacent to an activating group) is 1. The van der Waals surface area contributed by atoms with Gasteiger partial charge in [-0.3, -0.25) is 4.79 Å². The van der Waals surface area contributed by atoms with Gasteiger partial charge in [0.2, 0.25) is 0 Å². The summed E-state index contributed by atoms with van der Waals surface area (Å²) < 4.78 is 11.7. The first-order valence-corrected chi connectivity index (χ1v) is 12.1. The lowest BCUT2D eigenvalue weighted by Gasteiger charge is -2.28. The fourth-order valence-corrected chi connectivity index (χ4v) is 5.43. The number of methoxy groups -OCH3 is 1. The van der Waals surface area contributed by atoms with Gasteiger partial charge in [0.05, 0.1) is 24.7 Å². The highest BCUT2D eigenvalue weighted by Crippen LogP contribution is 2.47. The van der Waals surface area contributed by atoms with Crippen molar-refractivity contribution >= 4 is 35.0 Å². The van der Waals surface area contributed by atoms with Gasteiger partial charge in [-0.15, -0.1) is 11.8 Å². The first kappa shape index (κ1) is 23.6. The predicted octanol–water partition coefficient (Wildman–Crippen LogP) is 5.33. The zero-order valence-electron chi connectivity index (χ0n) is 18.7. The minimum atomic E-state index is -0.674. The van der Waals surface area contributed by atoms with E-state index in [1.54, 1.807) is 18.9 Å². The number of anilines is 1. The van der Waals surface area contributed by atoms with Gasteiger partial charge in [-0.1, -0.05) is 54.1 Å². The van der Waals surface area contributed by atoms with E-state index < -0.39 is 6.10 Å². The molecule has 1 amide bonds. The van der Waals surface area contributed by atoms with Crippen LogP contribution >= 0.6 is 23.4 Å². The molecule has 33 heavy (non-hydrogen) atoms. The largest absolute Gasteiger partial charge is 0.497 e. The summed E-state index contributed by atoms with van der Waals surface area (Å²) in [5.41, 5.74) is 2.87. The lowest BCUT2D eigenvalue weighted by Crippen LogP contribution is -2.44. The maximum absolute atomic E-state index is 13.9. The topological polar surface area (TPSA) is 50.8 Å². The van der Waals surface area contributed by atoms with Crippen LogP contribution in [0.2, 0.25) is 5.02 Å². The van der Waals surface area contributed by atoms with E-state index in [1.165, 1.54) is 0 Å². The van der Waals surface area contributed by atoms with Gasteiger partial charge in [0.1, 0.15) is 5.75 Å². The second-order valence-corrected chi connectivity index (χ2v) is 9.35. The van der Waals surface area contributed by atoms with Crippen molar-refractivity contribution in [2.45, 2.75) is 22.9 Å². The number of nitrogens with zero attached hydrogens (tertiary/aromatic N) is 1. The van der Waals surface area contributed by atoms with E-state index >= 15 is 0 Å². The molecule has 1 aliphatic heterocycles. The Labute approximate surface area is 204 Å². The van der Waals surface area contributed by atoms with Gasteiger partial charge in [0.25, 0.3) is 5.91 Å². The van der Waals surface area contributed by atoms with Gasteiger partial charge < -0.3 is 19.7 Å². The van der Waals surface area contributed by atoms with Gasteiger partial charge in [-0.05, 0) is 48.5 Å². The van der Waals surface area contributed by atoms with E-state index in [0.29, 0.717) is 24.7 Å². The number of halogens is 1. The van der Waals surface area contributed by atoms with E-state index in [9.17, 15) is 4.79 Å². The van der Waals surface area contributed by atoms with Crippen LogP contribution in [0.3, 0.4) is 0 Å². The van der Waals surface area contributed by atoms with Gasteiger partial charge >= 0.3 is 0 Å². The molecule has 3 aromatic carbocycles. The molecule has 2 atom stereocenters. The smallest absolute Gasteiger partial charge is 0.257 e. The number of thioether (sulfide) groups is 1. The first-order chi connectivity index (χ1) is 16.1. The molecular weight excluding hydrogens is 456 g/mol. The molecule has 7 heteroatoms. The van der Waals surface area contributed by atoms with E-state index in [-0.39, 0.29) is 11.2 Å². The van der Waals surface area contributed by atoms with Crippen molar-refractivity contribution in [2.24, 2.45) is 0 Å². The van der Waals surface area contributed by atoms with Crippen LogP contribution in [0.4, 0.5) is 5.69 Å². The average molecular weight is 483 g/mol. The van der Waals surface area contributed by atoms with Crippen LogP contribution in [-0.2, 0) is 16.1 Å². The van der Waals surface area contributed by atoms with Crippen molar-refractivity contribution in [2.75, 3.05) is 32.1 Å². The summed E-state index contributed by atoms with van der Waals surface area (Å²) in [7, 11) is 3.52. The molecule has 0 fully saturated rings. The highest BCUT2D eigenvalue weighted by molar-refractivity contribution is 7.99. The molecule has 1 heterocycles. The Hall–Kier alpha value is -2.51. The van der Waals surface area contributed by atoms with Gasteiger partial charge in [-0.25, -0.2) is 0 Å². The third-order valence-corrected chi connectivity index (χ3v) is 7.14. The van der Waals surface area contributed by atoms with E-state index in [1.807, 2.05) is 84.7 Å². The fraction of sp³-hybridized carbons (Fsp3) is 0.269. The third kappa shape index (κ3) is 5.53. The molecule has 0 saturated carbocycles. The molecule has 4 rings (SSSR count). The molecule has 3 aromatic rings. The van der Waals surface area contributed by atoms with Gasteiger partial charge in [-0.2, -0.15) is 0 Å². The van der Waals surface area contributed by atoms with E-state index in [2.05, 4.69) is 5.32 Å². The maximum atomic E-state index is 13.9. The van der Waals surface area contributed by atoms with Crippen LogP contribution in [0.5, 0.6) is 5.75 Å². The Morgan fingerprint density at radius 3 is 2.52 bits per heavy atom. The lowest BCUT2D eigenvalue weighted by atomic mass is 10.1. The van der Waals surface area contributed by atoms with E-state index in [0.717, 1.165) is 27.5 Å².